The highest BCUT2D eigenvalue weighted by atomic mass is 79.9. The summed E-state index contributed by atoms with van der Waals surface area (Å²) in [5.41, 5.74) is 1.39. The average molecular weight is 445 g/mol. The van der Waals surface area contributed by atoms with Crippen LogP contribution in [-0.2, 0) is 9.53 Å². The van der Waals surface area contributed by atoms with Gasteiger partial charge in [0.15, 0.2) is 0 Å². The van der Waals surface area contributed by atoms with Crippen LogP contribution in [0, 0.1) is 5.92 Å². The summed E-state index contributed by atoms with van der Waals surface area (Å²) in [6, 6.07) is 14.0. The van der Waals surface area contributed by atoms with Gasteiger partial charge in [-0.25, -0.2) is 0 Å². The number of hydrogen-bond donors (Lipinski definition) is 1. The number of ether oxygens (including phenoxy) is 1. The van der Waals surface area contributed by atoms with Gasteiger partial charge < -0.3 is 15.0 Å². The van der Waals surface area contributed by atoms with E-state index in [9.17, 15) is 14.4 Å². The van der Waals surface area contributed by atoms with Crippen molar-refractivity contribution in [1.29, 1.82) is 0 Å². The van der Waals surface area contributed by atoms with E-state index in [0.717, 1.165) is 4.47 Å². The predicted molar refractivity (Wildman–Crippen MR) is 109 cm³/mol. The molecule has 1 heterocycles. The Hall–Kier alpha value is -2.67. The van der Waals surface area contributed by atoms with Crippen LogP contribution in [-0.4, -0.2) is 42.9 Å². The molecular weight excluding hydrogens is 424 g/mol. The zero-order valence-corrected chi connectivity index (χ0v) is 17.1. The third-order valence-corrected chi connectivity index (χ3v) is 5.30. The topological polar surface area (TPSA) is 75.7 Å². The maximum absolute atomic E-state index is 13.0. The van der Waals surface area contributed by atoms with Gasteiger partial charge in [-0.2, -0.15) is 0 Å². The number of carbonyl (C=O) groups excluding carboxylic acids is 3. The van der Waals surface area contributed by atoms with Crippen LogP contribution in [0.3, 0.4) is 0 Å². The summed E-state index contributed by atoms with van der Waals surface area (Å²) in [6.07, 6.45) is 1.15. The molecule has 0 saturated carbocycles. The Kier molecular flexibility index (Phi) is 6.46. The Morgan fingerprint density at radius 1 is 1.07 bits per heavy atom. The van der Waals surface area contributed by atoms with Crippen LogP contribution in [0.15, 0.2) is 53.0 Å². The highest BCUT2D eigenvalue weighted by Gasteiger charge is 2.29. The molecule has 0 aliphatic carbocycles. The van der Waals surface area contributed by atoms with Gasteiger partial charge in [-0.15, -0.1) is 0 Å². The minimum Gasteiger partial charge on any atom is -0.469 e. The molecule has 1 aliphatic heterocycles. The molecule has 1 N–H and O–H groups in total. The van der Waals surface area contributed by atoms with Crippen molar-refractivity contribution in [3.05, 3.63) is 64.1 Å². The Balaban J connectivity index is 1.72. The SMILES string of the molecule is COC(=O)C1CCN(C(=O)c2ccccc2NC(=O)c2cccc(Br)c2)CC1. The summed E-state index contributed by atoms with van der Waals surface area (Å²) in [4.78, 5) is 38.9. The first kappa shape index (κ1) is 20.1. The van der Waals surface area contributed by atoms with E-state index in [1.54, 1.807) is 47.4 Å². The molecule has 0 spiro atoms. The normalized spacial score (nSPS) is 14.4. The van der Waals surface area contributed by atoms with Crippen molar-refractivity contribution in [2.24, 2.45) is 5.92 Å². The summed E-state index contributed by atoms with van der Waals surface area (Å²) in [6.45, 7) is 0.957. The fourth-order valence-electron chi connectivity index (χ4n) is 3.26. The molecule has 28 heavy (non-hydrogen) atoms. The van der Waals surface area contributed by atoms with E-state index in [4.69, 9.17) is 4.74 Å². The maximum atomic E-state index is 13.0. The molecule has 0 radical (unpaired) electrons. The molecule has 1 aliphatic rings. The second-order valence-electron chi connectivity index (χ2n) is 6.60. The lowest BCUT2D eigenvalue weighted by molar-refractivity contribution is -0.146. The number of hydrogen-bond acceptors (Lipinski definition) is 4. The van der Waals surface area contributed by atoms with E-state index in [-0.39, 0.29) is 23.7 Å². The van der Waals surface area contributed by atoms with Crippen LogP contribution >= 0.6 is 15.9 Å². The molecular formula is C21H21BrN2O4. The van der Waals surface area contributed by atoms with Crippen molar-refractivity contribution in [1.82, 2.24) is 4.90 Å². The third-order valence-electron chi connectivity index (χ3n) is 4.81. The summed E-state index contributed by atoms with van der Waals surface area (Å²) in [5.74, 6) is -0.839. The number of anilines is 1. The largest absolute Gasteiger partial charge is 0.469 e. The number of para-hydroxylation sites is 1. The minimum absolute atomic E-state index is 0.159. The Morgan fingerprint density at radius 3 is 2.46 bits per heavy atom. The van der Waals surface area contributed by atoms with E-state index in [1.165, 1.54) is 7.11 Å². The summed E-state index contributed by atoms with van der Waals surface area (Å²) in [5, 5.41) is 2.83. The zero-order valence-electron chi connectivity index (χ0n) is 15.5. The molecule has 3 rings (SSSR count). The van der Waals surface area contributed by atoms with E-state index >= 15 is 0 Å². The first-order chi connectivity index (χ1) is 13.5. The van der Waals surface area contributed by atoms with Crippen LogP contribution < -0.4 is 5.32 Å². The number of likely N-dealkylation sites (tertiary alicyclic amines) is 1. The number of methoxy groups -OCH3 is 1. The van der Waals surface area contributed by atoms with Crippen molar-refractivity contribution >= 4 is 39.4 Å². The van der Waals surface area contributed by atoms with E-state index < -0.39 is 0 Å². The lowest BCUT2D eigenvalue weighted by Crippen LogP contribution is -2.40. The molecule has 7 heteroatoms. The number of nitrogens with one attached hydrogen (secondary N) is 1. The lowest BCUT2D eigenvalue weighted by Gasteiger charge is -2.31. The summed E-state index contributed by atoms with van der Waals surface area (Å²) >= 11 is 3.35. The van der Waals surface area contributed by atoms with E-state index in [1.807, 2.05) is 6.07 Å². The molecule has 0 unspecified atom stereocenters. The Morgan fingerprint density at radius 2 is 1.79 bits per heavy atom. The van der Waals surface area contributed by atoms with Crippen molar-refractivity contribution in [2.45, 2.75) is 12.8 Å². The van der Waals surface area contributed by atoms with Gasteiger partial charge in [-0.3, -0.25) is 14.4 Å². The molecule has 0 aromatic heterocycles. The number of rotatable bonds is 4. The van der Waals surface area contributed by atoms with Gasteiger partial charge in [0, 0.05) is 23.1 Å². The fraction of sp³-hybridized carbons (Fsp3) is 0.286. The molecule has 0 bridgehead atoms. The molecule has 1 saturated heterocycles. The quantitative estimate of drug-likeness (QED) is 0.728. The number of nitrogens with zero attached hydrogens (tertiary/aromatic N) is 1. The van der Waals surface area contributed by atoms with Gasteiger partial charge in [0.1, 0.15) is 0 Å². The molecule has 2 aromatic rings. The van der Waals surface area contributed by atoms with Gasteiger partial charge in [0.05, 0.1) is 24.3 Å². The first-order valence-corrected chi connectivity index (χ1v) is 9.82. The van der Waals surface area contributed by atoms with Gasteiger partial charge >= 0.3 is 5.97 Å². The highest BCUT2D eigenvalue weighted by molar-refractivity contribution is 9.10. The summed E-state index contributed by atoms with van der Waals surface area (Å²) < 4.78 is 5.59. The molecule has 2 amide bonds. The Labute approximate surface area is 172 Å². The van der Waals surface area contributed by atoms with E-state index in [0.29, 0.717) is 42.7 Å². The molecule has 6 nitrogen and oxygen atoms in total. The van der Waals surface area contributed by atoms with Crippen molar-refractivity contribution in [3.8, 4) is 0 Å². The van der Waals surface area contributed by atoms with Gasteiger partial charge in [0.25, 0.3) is 11.8 Å². The number of piperidine rings is 1. The standard InChI is InChI=1S/C21H21BrN2O4/c1-28-21(27)14-9-11-24(12-10-14)20(26)17-7-2-3-8-18(17)23-19(25)15-5-4-6-16(22)13-15/h2-8,13-14H,9-12H2,1H3,(H,23,25). The average Bonchev–Trinajstić information content (AvgIpc) is 2.73. The predicted octanol–water partition coefficient (Wildman–Crippen LogP) is 3.73. The maximum Gasteiger partial charge on any atom is 0.308 e. The number of benzene rings is 2. The van der Waals surface area contributed by atoms with Crippen LogP contribution in [0.25, 0.3) is 0 Å². The summed E-state index contributed by atoms with van der Waals surface area (Å²) in [7, 11) is 1.38. The monoisotopic (exact) mass is 444 g/mol. The van der Waals surface area contributed by atoms with Crippen molar-refractivity contribution in [2.75, 3.05) is 25.5 Å². The number of esters is 1. The zero-order chi connectivity index (χ0) is 20.1. The second kappa shape index (κ2) is 9.01. The highest BCUT2D eigenvalue weighted by Crippen LogP contribution is 2.24. The van der Waals surface area contributed by atoms with Crippen molar-refractivity contribution in [3.63, 3.8) is 0 Å². The molecule has 2 aromatic carbocycles. The van der Waals surface area contributed by atoms with E-state index in [2.05, 4.69) is 21.2 Å². The fourth-order valence-corrected chi connectivity index (χ4v) is 3.66. The first-order valence-electron chi connectivity index (χ1n) is 9.02. The van der Waals surface area contributed by atoms with Crippen molar-refractivity contribution < 1.29 is 19.1 Å². The van der Waals surface area contributed by atoms with Gasteiger partial charge in [-0.1, -0.05) is 34.1 Å². The van der Waals surface area contributed by atoms with Crippen LogP contribution in [0.2, 0.25) is 0 Å². The van der Waals surface area contributed by atoms with Gasteiger partial charge in [0.2, 0.25) is 0 Å². The minimum atomic E-state index is -0.286. The number of carbonyl (C=O) groups is 3. The van der Waals surface area contributed by atoms with Crippen LogP contribution in [0.4, 0.5) is 5.69 Å². The second-order valence-corrected chi connectivity index (χ2v) is 7.52. The molecule has 0 atom stereocenters. The van der Waals surface area contributed by atoms with Gasteiger partial charge in [-0.05, 0) is 43.2 Å². The van der Waals surface area contributed by atoms with Crippen LogP contribution in [0.1, 0.15) is 33.6 Å². The number of halogens is 1. The number of amides is 2. The molecule has 1 fully saturated rings. The lowest BCUT2D eigenvalue weighted by atomic mass is 9.96. The smallest absolute Gasteiger partial charge is 0.308 e. The van der Waals surface area contributed by atoms with Crippen LogP contribution in [0.5, 0.6) is 0 Å². The third kappa shape index (κ3) is 4.59. The molecule has 146 valence electrons. The Bertz CT molecular complexity index is 891.